The van der Waals surface area contributed by atoms with Crippen LogP contribution in [0.15, 0.2) is 24.4 Å². The van der Waals surface area contributed by atoms with Crippen LogP contribution in [0.1, 0.15) is 16.1 Å². The van der Waals surface area contributed by atoms with E-state index in [-0.39, 0.29) is 0 Å². The molecule has 1 aromatic carbocycles. The lowest BCUT2D eigenvalue weighted by Gasteiger charge is -2.28. The van der Waals surface area contributed by atoms with Gasteiger partial charge in [0.05, 0.1) is 12.7 Å². The van der Waals surface area contributed by atoms with E-state index in [1.165, 1.54) is 11.1 Å². The molecule has 3 nitrogen and oxygen atoms in total. The maximum atomic E-state index is 6.00. The van der Waals surface area contributed by atoms with Gasteiger partial charge in [0.2, 0.25) is 0 Å². The van der Waals surface area contributed by atoms with Crippen LogP contribution in [0.3, 0.4) is 0 Å². The van der Waals surface area contributed by atoms with Gasteiger partial charge in [-0.2, -0.15) is 0 Å². The van der Waals surface area contributed by atoms with Crippen molar-refractivity contribution in [3.63, 3.8) is 0 Å². The molecule has 0 bridgehead atoms. The Bertz CT molecular complexity index is 567. The van der Waals surface area contributed by atoms with Crippen molar-refractivity contribution in [2.45, 2.75) is 19.5 Å². The third-order valence-electron chi connectivity index (χ3n) is 3.27. The summed E-state index contributed by atoms with van der Waals surface area (Å²) in [5.41, 5.74) is 9.57. The highest BCUT2D eigenvalue weighted by Gasteiger charge is 2.18. The molecule has 5 heteroatoms. The summed E-state index contributed by atoms with van der Waals surface area (Å²) in [4.78, 5) is 6.69. The summed E-state index contributed by atoms with van der Waals surface area (Å²) in [7, 11) is 0. The van der Waals surface area contributed by atoms with E-state index in [4.69, 9.17) is 17.3 Å². The molecular weight excluding hydrogens is 266 g/mol. The largest absolute Gasteiger partial charge is 0.398 e. The van der Waals surface area contributed by atoms with Crippen LogP contribution in [0.2, 0.25) is 4.34 Å². The number of thiazole rings is 1. The van der Waals surface area contributed by atoms with Crippen LogP contribution >= 0.6 is 22.9 Å². The predicted molar refractivity (Wildman–Crippen MR) is 75.8 cm³/mol. The highest BCUT2D eigenvalue weighted by atomic mass is 35.5. The Kier molecular flexibility index (Phi) is 3.24. The van der Waals surface area contributed by atoms with Crippen molar-refractivity contribution in [2.24, 2.45) is 0 Å². The van der Waals surface area contributed by atoms with E-state index in [9.17, 15) is 0 Å². The second-order valence-corrected chi connectivity index (χ2v) is 6.25. The molecule has 0 fully saturated rings. The zero-order valence-corrected chi connectivity index (χ0v) is 11.5. The molecule has 2 aromatic rings. The summed E-state index contributed by atoms with van der Waals surface area (Å²) in [6.07, 6.45) is 2.73. The number of rotatable bonds is 2. The fraction of sp³-hybridized carbons (Fsp3) is 0.308. The quantitative estimate of drug-likeness (QED) is 0.860. The third kappa shape index (κ3) is 2.36. The van der Waals surface area contributed by atoms with Gasteiger partial charge in [-0.3, -0.25) is 4.90 Å². The molecule has 1 aliphatic rings. The van der Waals surface area contributed by atoms with Gasteiger partial charge in [0.25, 0.3) is 0 Å². The van der Waals surface area contributed by atoms with E-state index in [1.807, 2.05) is 12.1 Å². The van der Waals surface area contributed by atoms with Gasteiger partial charge in [0.1, 0.15) is 9.34 Å². The van der Waals surface area contributed by atoms with Gasteiger partial charge in [-0.1, -0.05) is 23.7 Å². The van der Waals surface area contributed by atoms with Crippen LogP contribution in [0.25, 0.3) is 0 Å². The maximum absolute atomic E-state index is 6.00. The number of halogens is 1. The Hall–Kier alpha value is -1.10. The Balaban J connectivity index is 1.75. The minimum Gasteiger partial charge on any atom is -0.398 e. The molecule has 0 radical (unpaired) electrons. The van der Waals surface area contributed by atoms with Gasteiger partial charge >= 0.3 is 0 Å². The van der Waals surface area contributed by atoms with Crippen molar-refractivity contribution in [1.82, 2.24) is 9.88 Å². The van der Waals surface area contributed by atoms with Gasteiger partial charge in [-0.05, 0) is 23.6 Å². The second kappa shape index (κ2) is 4.88. The van der Waals surface area contributed by atoms with E-state index in [0.29, 0.717) is 0 Å². The zero-order valence-electron chi connectivity index (χ0n) is 9.90. The van der Waals surface area contributed by atoms with E-state index in [2.05, 4.69) is 16.0 Å². The van der Waals surface area contributed by atoms with Gasteiger partial charge < -0.3 is 5.73 Å². The van der Waals surface area contributed by atoms with Crippen molar-refractivity contribution < 1.29 is 0 Å². The lowest BCUT2D eigenvalue weighted by Crippen LogP contribution is -2.30. The summed E-state index contributed by atoms with van der Waals surface area (Å²) in [6.45, 7) is 2.83. The predicted octanol–water partition coefficient (Wildman–Crippen LogP) is 2.94. The van der Waals surface area contributed by atoms with Crippen LogP contribution in [-0.2, 0) is 19.5 Å². The number of hydrogen-bond donors (Lipinski definition) is 1. The molecule has 0 atom stereocenters. The molecule has 2 heterocycles. The molecule has 1 aromatic heterocycles. The summed E-state index contributed by atoms with van der Waals surface area (Å²) < 4.78 is 0.756. The molecule has 2 N–H and O–H groups in total. The summed E-state index contributed by atoms with van der Waals surface area (Å²) in [5, 5.41) is 1.08. The smallest absolute Gasteiger partial charge is 0.113 e. The Labute approximate surface area is 115 Å². The van der Waals surface area contributed by atoms with Crippen LogP contribution in [0.4, 0.5) is 5.69 Å². The Morgan fingerprint density at radius 3 is 3.11 bits per heavy atom. The molecule has 94 valence electrons. The van der Waals surface area contributed by atoms with Crippen molar-refractivity contribution in [2.75, 3.05) is 12.3 Å². The summed E-state index contributed by atoms with van der Waals surface area (Å²) >= 11 is 7.45. The maximum Gasteiger partial charge on any atom is 0.113 e. The van der Waals surface area contributed by atoms with Gasteiger partial charge in [-0.15, -0.1) is 11.3 Å². The third-order valence-corrected chi connectivity index (χ3v) is 4.37. The SMILES string of the molecule is Nc1cccc2c1CCN(Cc1ncc(Cl)s1)C2. The Morgan fingerprint density at radius 1 is 1.44 bits per heavy atom. The lowest BCUT2D eigenvalue weighted by atomic mass is 9.98. The fourth-order valence-electron chi connectivity index (χ4n) is 2.38. The number of nitrogen functional groups attached to an aromatic ring is 1. The number of fused-ring (bicyclic) bond motifs is 1. The fourth-order valence-corrected chi connectivity index (χ4v) is 3.38. The highest BCUT2D eigenvalue weighted by Crippen LogP contribution is 2.26. The Morgan fingerprint density at radius 2 is 2.33 bits per heavy atom. The first kappa shape index (κ1) is 12.0. The van der Waals surface area contributed by atoms with Crippen molar-refractivity contribution in [3.05, 3.63) is 44.9 Å². The molecule has 0 amide bonds. The second-order valence-electron chi connectivity index (χ2n) is 4.50. The number of aromatic nitrogens is 1. The van der Waals surface area contributed by atoms with Crippen molar-refractivity contribution >= 4 is 28.6 Å². The average Bonchev–Trinajstić information content (AvgIpc) is 2.75. The van der Waals surface area contributed by atoms with Crippen molar-refractivity contribution in [1.29, 1.82) is 0 Å². The van der Waals surface area contributed by atoms with Crippen molar-refractivity contribution in [3.8, 4) is 0 Å². The zero-order chi connectivity index (χ0) is 12.5. The number of nitrogens with zero attached hydrogens (tertiary/aromatic N) is 2. The molecule has 18 heavy (non-hydrogen) atoms. The average molecular weight is 280 g/mol. The van der Waals surface area contributed by atoms with E-state index in [0.717, 1.165) is 41.1 Å². The number of anilines is 1. The molecule has 0 unspecified atom stereocenters. The standard InChI is InChI=1S/C13H14ClN3S/c14-12-6-16-13(18-12)8-17-5-4-10-9(7-17)2-1-3-11(10)15/h1-3,6H,4-5,7-8,15H2. The minimum absolute atomic E-state index is 0.756. The lowest BCUT2D eigenvalue weighted by molar-refractivity contribution is 0.245. The number of nitrogens with two attached hydrogens (primary N) is 1. The molecule has 0 saturated heterocycles. The van der Waals surface area contributed by atoms with Gasteiger partial charge in [0, 0.05) is 18.8 Å². The van der Waals surface area contributed by atoms with Crippen LogP contribution in [-0.4, -0.2) is 16.4 Å². The van der Waals surface area contributed by atoms with Gasteiger partial charge in [0.15, 0.2) is 0 Å². The number of benzene rings is 1. The number of hydrogen-bond acceptors (Lipinski definition) is 4. The first-order chi connectivity index (χ1) is 8.72. The van der Waals surface area contributed by atoms with Crippen LogP contribution in [0, 0.1) is 0 Å². The van der Waals surface area contributed by atoms with Crippen LogP contribution in [0.5, 0.6) is 0 Å². The van der Waals surface area contributed by atoms with Gasteiger partial charge in [-0.25, -0.2) is 4.98 Å². The normalized spacial score (nSPS) is 15.6. The first-order valence-electron chi connectivity index (χ1n) is 5.91. The molecule has 0 spiro atoms. The summed E-state index contributed by atoms with van der Waals surface area (Å²) in [5.74, 6) is 0. The van der Waals surface area contributed by atoms with Crippen LogP contribution < -0.4 is 5.73 Å². The molecule has 1 aliphatic heterocycles. The van der Waals surface area contributed by atoms with E-state index >= 15 is 0 Å². The monoisotopic (exact) mass is 279 g/mol. The highest BCUT2D eigenvalue weighted by molar-refractivity contribution is 7.15. The van der Waals surface area contributed by atoms with E-state index in [1.54, 1.807) is 17.5 Å². The molecular formula is C13H14ClN3S. The molecule has 3 rings (SSSR count). The molecule has 0 aliphatic carbocycles. The first-order valence-corrected chi connectivity index (χ1v) is 7.10. The minimum atomic E-state index is 0.756. The van der Waals surface area contributed by atoms with E-state index < -0.39 is 0 Å². The topological polar surface area (TPSA) is 42.1 Å². The summed E-state index contributed by atoms with van der Waals surface area (Å²) in [6, 6.07) is 6.17. The molecule has 0 saturated carbocycles.